The molecule has 4 rings (SSSR count). The molecule has 9 nitrogen and oxygen atoms in total. The molecule has 0 saturated carbocycles. The van der Waals surface area contributed by atoms with E-state index in [2.05, 4.69) is 15.5 Å². The number of hydrogen-bond acceptors (Lipinski definition) is 7. The first kappa shape index (κ1) is 20.7. The first-order valence-corrected chi connectivity index (χ1v) is 11.4. The maximum atomic E-state index is 12.5. The van der Waals surface area contributed by atoms with Crippen LogP contribution < -0.4 is 10.2 Å². The van der Waals surface area contributed by atoms with Crippen molar-refractivity contribution in [2.75, 3.05) is 23.0 Å². The zero-order chi connectivity index (χ0) is 22.2. The maximum absolute atomic E-state index is 12.5. The van der Waals surface area contributed by atoms with Crippen molar-refractivity contribution in [1.82, 2.24) is 10.2 Å². The van der Waals surface area contributed by atoms with Gasteiger partial charge in [0, 0.05) is 30.5 Å². The monoisotopic (exact) mass is 440 g/mol. The Kier molecular flexibility index (Phi) is 5.32. The molecule has 3 aromatic rings. The van der Waals surface area contributed by atoms with Crippen molar-refractivity contribution >= 4 is 33.4 Å². The lowest BCUT2D eigenvalue weighted by Gasteiger charge is -2.16. The zero-order valence-corrected chi connectivity index (χ0v) is 17.7. The van der Waals surface area contributed by atoms with Crippen LogP contribution in [0.25, 0.3) is 0 Å². The van der Waals surface area contributed by atoms with E-state index in [0.29, 0.717) is 17.8 Å². The number of aryl methyl sites for hydroxylation is 1. The number of rotatable bonds is 5. The van der Waals surface area contributed by atoms with Crippen LogP contribution in [0.4, 0.5) is 11.7 Å². The van der Waals surface area contributed by atoms with Gasteiger partial charge in [-0.25, -0.2) is 8.42 Å². The minimum atomic E-state index is -3.31. The highest BCUT2D eigenvalue weighted by Gasteiger charge is 2.35. The summed E-state index contributed by atoms with van der Waals surface area (Å²) in [5.74, 6) is -0.577. The third kappa shape index (κ3) is 4.33. The van der Waals surface area contributed by atoms with Crippen molar-refractivity contribution in [3.8, 4) is 0 Å². The molecule has 2 heterocycles. The average molecular weight is 440 g/mol. The highest BCUT2D eigenvalue weighted by atomic mass is 32.2. The van der Waals surface area contributed by atoms with Gasteiger partial charge in [-0.3, -0.25) is 14.9 Å². The van der Waals surface area contributed by atoms with E-state index in [4.69, 9.17) is 4.42 Å². The Bertz CT molecular complexity index is 1250. The van der Waals surface area contributed by atoms with Crippen molar-refractivity contribution in [2.45, 2.75) is 24.2 Å². The third-order valence-corrected chi connectivity index (χ3v) is 6.23. The molecular formula is C21H20N4O5S. The molecule has 10 heteroatoms. The molecule has 1 unspecified atom stereocenters. The minimum Gasteiger partial charge on any atom is -0.407 e. The van der Waals surface area contributed by atoms with Crippen LogP contribution in [0.3, 0.4) is 0 Å². The van der Waals surface area contributed by atoms with Gasteiger partial charge in [-0.15, -0.1) is 5.10 Å². The topological polar surface area (TPSA) is 122 Å². The molecule has 0 bridgehead atoms. The van der Waals surface area contributed by atoms with E-state index in [1.165, 1.54) is 12.1 Å². The summed E-state index contributed by atoms with van der Waals surface area (Å²) in [6.07, 6.45) is 1.30. The Morgan fingerprint density at radius 2 is 1.84 bits per heavy atom. The van der Waals surface area contributed by atoms with Crippen LogP contribution in [0.1, 0.15) is 34.2 Å². The first-order valence-electron chi connectivity index (χ1n) is 9.53. The number of aromatic nitrogens is 2. The molecule has 1 fully saturated rings. The predicted octanol–water partition coefficient (Wildman–Crippen LogP) is 2.55. The van der Waals surface area contributed by atoms with Gasteiger partial charge in [-0.2, -0.15) is 0 Å². The number of benzene rings is 2. The van der Waals surface area contributed by atoms with E-state index >= 15 is 0 Å². The van der Waals surface area contributed by atoms with Crippen LogP contribution in [0.15, 0.2) is 57.8 Å². The van der Waals surface area contributed by atoms with Gasteiger partial charge in [0.15, 0.2) is 9.84 Å². The number of nitrogens with zero attached hydrogens (tertiary/aromatic N) is 3. The summed E-state index contributed by atoms with van der Waals surface area (Å²) in [6.45, 7) is 2.14. The summed E-state index contributed by atoms with van der Waals surface area (Å²) >= 11 is 0. The van der Waals surface area contributed by atoms with Crippen LogP contribution in [0.2, 0.25) is 0 Å². The van der Waals surface area contributed by atoms with Gasteiger partial charge in [0.1, 0.15) is 0 Å². The Morgan fingerprint density at radius 1 is 1.13 bits per heavy atom. The summed E-state index contributed by atoms with van der Waals surface area (Å²) < 4.78 is 28.8. The van der Waals surface area contributed by atoms with Crippen LogP contribution in [0, 0.1) is 6.92 Å². The third-order valence-electron chi connectivity index (χ3n) is 5.10. The molecule has 0 spiro atoms. The standard InChI is InChI=1S/C21H20N4O5S/c1-13-5-3-4-6-17(13)19(27)22-21-24-23-20(30-21)14-11-18(26)25(12-14)15-7-9-16(10-8-15)31(2,28)29/h3-10,14H,11-12H2,1-2H3,(H,22,24,27). The van der Waals surface area contributed by atoms with Gasteiger partial charge < -0.3 is 9.32 Å². The van der Waals surface area contributed by atoms with Crippen LogP contribution in [-0.4, -0.2) is 43.2 Å². The van der Waals surface area contributed by atoms with E-state index in [1.807, 2.05) is 19.1 Å². The van der Waals surface area contributed by atoms with E-state index in [0.717, 1.165) is 11.8 Å². The molecule has 0 radical (unpaired) electrons. The van der Waals surface area contributed by atoms with Crippen LogP contribution in [0.5, 0.6) is 0 Å². The maximum Gasteiger partial charge on any atom is 0.322 e. The molecule has 0 aliphatic carbocycles. The van der Waals surface area contributed by atoms with Gasteiger partial charge in [0.2, 0.25) is 11.8 Å². The van der Waals surface area contributed by atoms with Crippen molar-refractivity contribution in [2.24, 2.45) is 0 Å². The Hall–Kier alpha value is -3.53. The van der Waals surface area contributed by atoms with Crippen molar-refractivity contribution in [1.29, 1.82) is 0 Å². The highest BCUT2D eigenvalue weighted by Crippen LogP contribution is 2.32. The van der Waals surface area contributed by atoms with E-state index in [-0.39, 0.29) is 41.0 Å². The van der Waals surface area contributed by atoms with Crippen molar-refractivity contribution < 1.29 is 22.4 Å². The Morgan fingerprint density at radius 3 is 2.52 bits per heavy atom. The van der Waals surface area contributed by atoms with Gasteiger partial charge >= 0.3 is 6.01 Å². The summed E-state index contributed by atoms with van der Waals surface area (Å²) in [5.41, 5.74) is 1.91. The van der Waals surface area contributed by atoms with E-state index in [9.17, 15) is 18.0 Å². The predicted molar refractivity (Wildman–Crippen MR) is 113 cm³/mol. The molecule has 1 atom stereocenters. The number of carbonyl (C=O) groups is 2. The first-order chi connectivity index (χ1) is 14.7. The van der Waals surface area contributed by atoms with Gasteiger partial charge in [0.05, 0.1) is 10.8 Å². The normalized spacial score (nSPS) is 16.5. The Balaban J connectivity index is 1.46. The average Bonchev–Trinajstić information content (AvgIpc) is 3.34. The largest absolute Gasteiger partial charge is 0.407 e. The number of carbonyl (C=O) groups excluding carboxylic acids is 2. The summed E-state index contributed by atoms with van der Waals surface area (Å²) in [4.78, 5) is 26.6. The number of nitrogens with one attached hydrogen (secondary N) is 1. The fourth-order valence-electron chi connectivity index (χ4n) is 3.44. The molecule has 1 aliphatic rings. The number of amides is 2. The van der Waals surface area contributed by atoms with Crippen molar-refractivity contribution in [3.05, 3.63) is 65.5 Å². The summed E-state index contributed by atoms with van der Waals surface area (Å²) in [5, 5.41) is 10.4. The Labute approximate surface area is 179 Å². The smallest absolute Gasteiger partial charge is 0.322 e. The summed E-state index contributed by atoms with van der Waals surface area (Å²) in [6, 6.07) is 13.2. The highest BCUT2D eigenvalue weighted by molar-refractivity contribution is 7.90. The SMILES string of the molecule is Cc1ccccc1C(=O)Nc1nnc(C2CC(=O)N(c3ccc(S(C)(=O)=O)cc3)C2)o1. The molecule has 1 saturated heterocycles. The van der Waals surface area contributed by atoms with E-state index < -0.39 is 9.84 Å². The lowest BCUT2D eigenvalue weighted by atomic mass is 10.1. The lowest BCUT2D eigenvalue weighted by Crippen LogP contribution is -2.24. The molecule has 2 amide bonds. The molecule has 2 aromatic carbocycles. The quantitative estimate of drug-likeness (QED) is 0.647. The second-order valence-electron chi connectivity index (χ2n) is 7.39. The van der Waals surface area contributed by atoms with Crippen LogP contribution in [-0.2, 0) is 14.6 Å². The number of anilines is 2. The van der Waals surface area contributed by atoms with Gasteiger partial charge in [-0.1, -0.05) is 23.3 Å². The van der Waals surface area contributed by atoms with E-state index in [1.54, 1.807) is 29.2 Å². The minimum absolute atomic E-state index is 0.0355. The molecule has 1 aromatic heterocycles. The molecule has 160 valence electrons. The number of sulfone groups is 1. The second kappa shape index (κ2) is 7.95. The fraction of sp³-hybridized carbons (Fsp3) is 0.238. The zero-order valence-electron chi connectivity index (χ0n) is 16.9. The fourth-order valence-corrected chi connectivity index (χ4v) is 4.07. The van der Waals surface area contributed by atoms with Gasteiger partial charge in [-0.05, 0) is 42.8 Å². The molecular weight excluding hydrogens is 420 g/mol. The van der Waals surface area contributed by atoms with Crippen LogP contribution >= 0.6 is 0 Å². The van der Waals surface area contributed by atoms with Crippen molar-refractivity contribution in [3.63, 3.8) is 0 Å². The summed E-state index contributed by atoms with van der Waals surface area (Å²) in [7, 11) is -3.31. The molecule has 31 heavy (non-hydrogen) atoms. The van der Waals surface area contributed by atoms with Gasteiger partial charge in [0.25, 0.3) is 5.91 Å². The molecule has 1 aliphatic heterocycles. The second-order valence-corrected chi connectivity index (χ2v) is 9.40. The number of hydrogen-bond donors (Lipinski definition) is 1. The lowest BCUT2D eigenvalue weighted by molar-refractivity contribution is -0.117. The molecule has 1 N–H and O–H groups in total.